The number of nitro groups is 1. The van der Waals surface area contributed by atoms with Gasteiger partial charge in [-0.1, -0.05) is 0 Å². The lowest BCUT2D eigenvalue weighted by Crippen LogP contribution is -2.38. The maximum Gasteiger partial charge on any atom is 0.271 e. The molecule has 0 saturated carbocycles. The second-order valence-electron chi connectivity index (χ2n) is 5.71. The van der Waals surface area contributed by atoms with Crippen LogP contribution in [-0.2, 0) is 10.0 Å². The standard InChI is InChI=1S/C14H21N3O4S/c1-10-6-13(17(18)19)7-14(11(10)2)22(20,21)16-9-12-4-3-5-15-8-12/h6-7,12,15-16H,3-5,8-9H2,1-2H3. The van der Waals surface area contributed by atoms with Crippen LogP contribution in [0.25, 0.3) is 0 Å². The smallest absolute Gasteiger partial charge is 0.271 e. The first-order valence-corrected chi connectivity index (χ1v) is 8.75. The van der Waals surface area contributed by atoms with Gasteiger partial charge in [0.15, 0.2) is 0 Å². The summed E-state index contributed by atoms with van der Waals surface area (Å²) < 4.78 is 27.5. The van der Waals surface area contributed by atoms with Crippen LogP contribution in [0.4, 0.5) is 5.69 Å². The van der Waals surface area contributed by atoms with Crippen molar-refractivity contribution in [2.24, 2.45) is 5.92 Å². The van der Waals surface area contributed by atoms with Gasteiger partial charge in [0.1, 0.15) is 0 Å². The van der Waals surface area contributed by atoms with Crippen LogP contribution in [0.5, 0.6) is 0 Å². The Morgan fingerprint density at radius 1 is 1.41 bits per heavy atom. The first-order valence-electron chi connectivity index (χ1n) is 7.27. The highest BCUT2D eigenvalue weighted by Crippen LogP contribution is 2.25. The van der Waals surface area contributed by atoms with E-state index in [9.17, 15) is 18.5 Å². The van der Waals surface area contributed by atoms with E-state index in [1.54, 1.807) is 13.8 Å². The quantitative estimate of drug-likeness (QED) is 0.630. The number of nitro benzene ring substituents is 1. The Labute approximate surface area is 130 Å². The number of piperidine rings is 1. The second kappa shape index (κ2) is 6.72. The minimum atomic E-state index is -3.75. The van der Waals surface area contributed by atoms with Gasteiger partial charge in [0.2, 0.25) is 10.0 Å². The first-order chi connectivity index (χ1) is 10.3. The van der Waals surface area contributed by atoms with Crippen molar-refractivity contribution in [3.05, 3.63) is 33.4 Å². The fourth-order valence-electron chi connectivity index (χ4n) is 2.60. The largest absolute Gasteiger partial charge is 0.316 e. The van der Waals surface area contributed by atoms with Crippen LogP contribution in [0.3, 0.4) is 0 Å². The summed E-state index contributed by atoms with van der Waals surface area (Å²) in [6.45, 7) is 5.43. The summed E-state index contributed by atoms with van der Waals surface area (Å²) in [5.41, 5.74) is 0.927. The van der Waals surface area contributed by atoms with E-state index in [2.05, 4.69) is 10.0 Å². The van der Waals surface area contributed by atoms with Crippen molar-refractivity contribution >= 4 is 15.7 Å². The van der Waals surface area contributed by atoms with Crippen LogP contribution in [0, 0.1) is 29.9 Å². The Morgan fingerprint density at radius 2 is 2.14 bits per heavy atom. The highest BCUT2D eigenvalue weighted by molar-refractivity contribution is 7.89. The molecule has 0 aliphatic carbocycles. The van der Waals surface area contributed by atoms with Crippen molar-refractivity contribution in [2.45, 2.75) is 31.6 Å². The molecule has 1 aromatic carbocycles. The summed E-state index contributed by atoms with van der Waals surface area (Å²) in [6.07, 6.45) is 2.00. The molecule has 1 unspecified atom stereocenters. The number of aryl methyl sites for hydroxylation is 1. The van der Waals surface area contributed by atoms with Crippen LogP contribution in [0.15, 0.2) is 17.0 Å². The van der Waals surface area contributed by atoms with Crippen molar-refractivity contribution in [1.82, 2.24) is 10.0 Å². The molecular weight excluding hydrogens is 306 g/mol. The summed E-state index contributed by atoms with van der Waals surface area (Å²) in [6, 6.07) is 2.52. The highest BCUT2D eigenvalue weighted by atomic mass is 32.2. The number of hydrogen-bond donors (Lipinski definition) is 2. The first kappa shape index (κ1) is 16.9. The molecule has 0 spiro atoms. The summed E-state index contributed by atoms with van der Waals surface area (Å²) in [5, 5.41) is 14.2. The molecule has 0 radical (unpaired) electrons. The van der Waals surface area contributed by atoms with E-state index in [0.717, 1.165) is 32.0 Å². The highest BCUT2D eigenvalue weighted by Gasteiger charge is 2.23. The summed E-state index contributed by atoms with van der Waals surface area (Å²) >= 11 is 0. The normalized spacial score (nSPS) is 19.1. The predicted molar refractivity (Wildman–Crippen MR) is 83.4 cm³/mol. The lowest BCUT2D eigenvalue weighted by Gasteiger charge is -2.23. The third-order valence-corrected chi connectivity index (χ3v) is 5.62. The third-order valence-electron chi connectivity index (χ3n) is 4.07. The number of nitrogens with one attached hydrogen (secondary N) is 2. The fourth-order valence-corrected chi connectivity index (χ4v) is 4.05. The minimum absolute atomic E-state index is 0.0111. The van der Waals surface area contributed by atoms with Gasteiger partial charge >= 0.3 is 0 Å². The maximum absolute atomic E-state index is 12.5. The number of non-ortho nitro benzene ring substituents is 1. The lowest BCUT2D eigenvalue weighted by atomic mass is 10.0. The summed E-state index contributed by atoms with van der Waals surface area (Å²) in [4.78, 5) is 10.3. The van der Waals surface area contributed by atoms with Gasteiger partial charge in [0.05, 0.1) is 9.82 Å². The SMILES string of the molecule is Cc1cc([N+](=O)[O-])cc(S(=O)(=O)NCC2CCCNC2)c1C. The molecular formula is C14H21N3O4S. The zero-order valence-corrected chi connectivity index (χ0v) is 13.6. The number of hydrogen-bond acceptors (Lipinski definition) is 5. The Bertz CT molecular complexity index is 667. The van der Waals surface area contributed by atoms with E-state index in [0.29, 0.717) is 17.7 Å². The topological polar surface area (TPSA) is 101 Å². The number of rotatable bonds is 5. The van der Waals surface area contributed by atoms with Crippen molar-refractivity contribution in [3.63, 3.8) is 0 Å². The molecule has 0 bridgehead atoms. The Balaban J connectivity index is 2.22. The van der Waals surface area contributed by atoms with E-state index in [1.807, 2.05) is 0 Å². The Morgan fingerprint density at radius 3 is 2.73 bits per heavy atom. The Hall–Kier alpha value is -1.51. The molecule has 1 fully saturated rings. The maximum atomic E-state index is 12.5. The van der Waals surface area contributed by atoms with Gasteiger partial charge in [-0.15, -0.1) is 0 Å². The molecule has 1 aliphatic rings. The third kappa shape index (κ3) is 3.82. The minimum Gasteiger partial charge on any atom is -0.316 e. The van der Waals surface area contributed by atoms with Crippen molar-refractivity contribution in [2.75, 3.05) is 19.6 Å². The van der Waals surface area contributed by atoms with Crippen molar-refractivity contribution in [3.8, 4) is 0 Å². The lowest BCUT2D eigenvalue weighted by molar-refractivity contribution is -0.385. The number of sulfonamides is 1. The molecule has 7 nitrogen and oxygen atoms in total. The molecule has 1 heterocycles. The fraction of sp³-hybridized carbons (Fsp3) is 0.571. The summed E-state index contributed by atoms with van der Waals surface area (Å²) in [7, 11) is -3.75. The van der Waals surface area contributed by atoms with E-state index in [-0.39, 0.29) is 16.5 Å². The molecule has 1 aromatic rings. The van der Waals surface area contributed by atoms with Crippen LogP contribution in [-0.4, -0.2) is 33.0 Å². The molecule has 122 valence electrons. The van der Waals surface area contributed by atoms with Crippen LogP contribution < -0.4 is 10.0 Å². The monoisotopic (exact) mass is 327 g/mol. The number of benzene rings is 1. The zero-order chi connectivity index (χ0) is 16.3. The molecule has 1 aliphatic heterocycles. The van der Waals surface area contributed by atoms with Gasteiger partial charge in [-0.05, 0) is 56.8 Å². The van der Waals surface area contributed by atoms with Gasteiger partial charge in [-0.3, -0.25) is 10.1 Å². The van der Waals surface area contributed by atoms with Crippen LogP contribution in [0.1, 0.15) is 24.0 Å². The molecule has 1 saturated heterocycles. The van der Waals surface area contributed by atoms with Crippen molar-refractivity contribution in [1.29, 1.82) is 0 Å². The van der Waals surface area contributed by atoms with Gasteiger partial charge in [0.25, 0.3) is 5.69 Å². The van der Waals surface area contributed by atoms with E-state index in [4.69, 9.17) is 0 Å². The average Bonchev–Trinajstić information content (AvgIpc) is 2.48. The molecule has 8 heteroatoms. The van der Waals surface area contributed by atoms with Crippen LogP contribution in [0.2, 0.25) is 0 Å². The molecule has 1 atom stereocenters. The Kier molecular flexibility index (Phi) is 5.15. The van der Waals surface area contributed by atoms with Gasteiger partial charge in [0, 0.05) is 18.7 Å². The molecule has 2 rings (SSSR count). The number of nitrogens with zero attached hydrogens (tertiary/aromatic N) is 1. The summed E-state index contributed by atoms with van der Waals surface area (Å²) in [5.74, 6) is 0.253. The second-order valence-corrected chi connectivity index (χ2v) is 7.44. The molecule has 2 N–H and O–H groups in total. The molecule has 0 aromatic heterocycles. The predicted octanol–water partition coefficient (Wildman–Crippen LogP) is 1.49. The van der Waals surface area contributed by atoms with E-state index in [1.165, 1.54) is 6.07 Å². The molecule has 22 heavy (non-hydrogen) atoms. The van der Waals surface area contributed by atoms with Crippen molar-refractivity contribution < 1.29 is 13.3 Å². The van der Waals surface area contributed by atoms with E-state index < -0.39 is 14.9 Å². The molecule has 0 amide bonds. The van der Waals surface area contributed by atoms with Gasteiger partial charge < -0.3 is 5.32 Å². The van der Waals surface area contributed by atoms with Crippen LogP contribution >= 0.6 is 0 Å². The van der Waals surface area contributed by atoms with Gasteiger partial charge in [-0.25, -0.2) is 13.1 Å². The van der Waals surface area contributed by atoms with E-state index >= 15 is 0 Å². The zero-order valence-electron chi connectivity index (χ0n) is 12.8. The average molecular weight is 327 g/mol. The van der Waals surface area contributed by atoms with Gasteiger partial charge in [-0.2, -0.15) is 0 Å².